The topological polar surface area (TPSA) is 52.2 Å². The predicted octanol–water partition coefficient (Wildman–Crippen LogP) is 5.85. The molecule has 1 N–H and O–H groups in total. The molecule has 0 aromatic heterocycles. The number of anilines is 1. The van der Waals surface area contributed by atoms with Crippen molar-refractivity contribution in [1.29, 1.82) is 0 Å². The molecule has 1 aliphatic rings. The fraction of sp³-hybridized carbons (Fsp3) is 0.269. The van der Waals surface area contributed by atoms with Crippen LogP contribution in [0.4, 0.5) is 5.69 Å². The van der Waals surface area contributed by atoms with Crippen LogP contribution in [0, 0.1) is 0 Å². The van der Waals surface area contributed by atoms with Crippen LogP contribution in [-0.4, -0.2) is 44.5 Å². The SMILES string of the molecule is COc1cc2c(cc1OC)[C@H](COc1ccccc1OC)N(C(=S)Nc1ccc(Br)cc1)CC2. The van der Waals surface area contributed by atoms with Crippen LogP contribution < -0.4 is 24.3 Å². The molecule has 0 radical (unpaired) electrons. The van der Waals surface area contributed by atoms with Gasteiger partial charge >= 0.3 is 0 Å². The van der Waals surface area contributed by atoms with Crippen molar-refractivity contribution in [1.82, 2.24) is 4.90 Å². The summed E-state index contributed by atoms with van der Waals surface area (Å²) in [5, 5.41) is 4.01. The molecule has 34 heavy (non-hydrogen) atoms. The van der Waals surface area contributed by atoms with Crippen molar-refractivity contribution in [2.75, 3.05) is 39.8 Å². The lowest BCUT2D eigenvalue weighted by Gasteiger charge is -2.39. The largest absolute Gasteiger partial charge is 0.493 e. The van der Waals surface area contributed by atoms with Crippen molar-refractivity contribution < 1.29 is 18.9 Å². The van der Waals surface area contributed by atoms with Crippen LogP contribution in [0.25, 0.3) is 0 Å². The third kappa shape index (κ3) is 5.23. The lowest BCUT2D eigenvalue weighted by atomic mass is 9.92. The first-order valence-corrected chi connectivity index (χ1v) is 12.1. The van der Waals surface area contributed by atoms with E-state index in [9.17, 15) is 0 Å². The van der Waals surface area contributed by atoms with E-state index in [1.807, 2.05) is 60.7 Å². The Morgan fingerprint density at radius 1 is 0.941 bits per heavy atom. The average Bonchev–Trinajstić information content (AvgIpc) is 2.87. The molecule has 0 bridgehead atoms. The number of benzene rings is 3. The van der Waals surface area contributed by atoms with E-state index in [0.717, 1.165) is 34.4 Å². The first-order chi connectivity index (χ1) is 16.5. The van der Waals surface area contributed by atoms with Crippen molar-refractivity contribution in [3.8, 4) is 23.0 Å². The molecule has 0 saturated heterocycles. The van der Waals surface area contributed by atoms with Crippen molar-refractivity contribution in [3.05, 3.63) is 76.3 Å². The number of methoxy groups -OCH3 is 3. The second kappa shape index (κ2) is 11.0. The monoisotopic (exact) mass is 542 g/mol. The quantitative estimate of drug-likeness (QED) is 0.375. The maximum absolute atomic E-state index is 6.27. The van der Waals surface area contributed by atoms with Crippen LogP contribution in [0.3, 0.4) is 0 Å². The smallest absolute Gasteiger partial charge is 0.174 e. The molecule has 0 unspecified atom stereocenters. The number of rotatable bonds is 7. The van der Waals surface area contributed by atoms with E-state index < -0.39 is 0 Å². The van der Waals surface area contributed by atoms with Gasteiger partial charge in [0.15, 0.2) is 28.1 Å². The molecule has 0 amide bonds. The summed E-state index contributed by atoms with van der Waals surface area (Å²) in [5.74, 6) is 2.77. The van der Waals surface area contributed by atoms with Crippen LogP contribution in [0.15, 0.2) is 65.1 Å². The Bertz CT molecular complexity index is 1160. The first kappa shape index (κ1) is 24.2. The van der Waals surface area contributed by atoms with E-state index >= 15 is 0 Å². The zero-order valence-corrected chi connectivity index (χ0v) is 21.7. The molecule has 4 rings (SSSR count). The average molecular weight is 543 g/mol. The molecule has 1 heterocycles. The highest BCUT2D eigenvalue weighted by atomic mass is 79.9. The highest BCUT2D eigenvalue weighted by Gasteiger charge is 2.31. The highest BCUT2D eigenvalue weighted by molar-refractivity contribution is 9.10. The minimum absolute atomic E-state index is 0.135. The maximum Gasteiger partial charge on any atom is 0.174 e. The first-order valence-electron chi connectivity index (χ1n) is 10.9. The summed E-state index contributed by atoms with van der Waals surface area (Å²) in [6.07, 6.45) is 0.822. The molecule has 178 valence electrons. The van der Waals surface area contributed by atoms with Crippen LogP contribution >= 0.6 is 28.1 Å². The number of nitrogens with one attached hydrogen (secondary N) is 1. The molecule has 0 fully saturated rings. The van der Waals surface area contributed by atoms with E-state index in [1.165, 1.54) is 5.56 Å². The minimum atomic E-state index is -0.135. The van der Waals surface area contributed by atoms with Gasteiger partial charge in [-0.2, -0.15) is 0 Å². The summed E-state index contributed by atoms with van der Waals surface area (Å²) in [6, 6.07) is 19.5. The number of ether oxygens (including phenoxy) is 4. The Morgan fingerprint density at radius 3 is 2.26 bits per heavy atom. The van der Waals surface area contributed by atoms with Crippen molar-refractivity contribution in [2.45, 2.75) is 12.5 Å². The third-order valence-electron chi connectivity index (χ3n) is 5.82. The normalized spacial score (nSPS) is 14.7. The molecule has 0 aliphatic carbocycles. The van der Waals surface area contributed by atoms with Crippen molar-refractivity contribution >= 4 is 38.9 Å². The lowest BCUT2D eigenvalue weighted by molar-refractivity contribution is 0.185. The molecule has 1 atom stereocenters. The van der Waals surface area contributed by atoms with E-state index in [4.69, 9.17) is 31.2 Å². The van der Waals surface area contributed by atoms with E-state index in [1.54, 1.807) is 21.3 Å². The molecule has 3 aromatic rings. The third-order valence-corrected chi connectivity index (χ3v) is 6.69. The van der Waals surface area contributed by atoms with Gasteiger partial charge in [0.05, 0.1) is 27.4 Å². The Labute approximate surface area is 213 Å². The Hall–Kier alpha value is -2.97. The maximum atomic E-state index is 6.27. The van der Waals surface area contributed by atoms with Gasteiger partial charge in [0.25, 0.3) is 0 Å². The standard InChI is InChI=1S/C26H27BrN2O4S/c1-30-22-6-4-5-7-23(22)33-16-21-20-15-25(32-3)24(31-2)14-17(20)12-13-29(21)26(34)28-19-10-8-18(27)9-11-19/h4-11,14-15,21H,12-13,16H2,1-3H3,(H,28,34)/t21-/m0/s1. The summed E-state index contributed by atoms with van der Waals surface area (Å²) in [4.78, 5) is 2.17. The zero-order chi connectivity index (χ0) is 24.1. The Kier molecular flexibility index (Phi) is 7.80. The number of fused-ring (bicyclic) bond motifs is 1. The summed E-state index contributed by atoms with van der Waals surface area (Å²) < 4.78 is 23.9. The second-order valence-corrected chi connectivity index (χ2v) is 9.07. The van der Waals surface area contributed by atoms with Crippen LogP contribution in [0.5, 0.6) is 23.0 Å². The summed E-state index contributed by atoms with van der Waals surface area (Å²) in [5.41, 5.74) is 3.21. The predicted molar refractivity (Wildman–Crippen MR) is 142 cm³/mol. The van der Waals surface area contributed by atoms with Gasteiger partial charge in [-0.05, 0) is 78.3 Å². The number of nitrogens with zero attached hydrogens (tertiary/aromatic N) is 1. The van der Waals surface area contributed by atoms with Gasteiger partial charge in [-0.15, -0.1) is 0 Å². The van der Waals surface area contributed by atoms with Gasteiger partial charge in [-0.1, -0.05) is 28.1 Å². The lowest BCUT2D eigenvalue weighted by Crippen LogP contribution is -2.44. The van der Waals surface area contributed by atoms with Gasteiger partial charge in [0.2, 0.25) is 0 Å². The summed E-state index contributed by atoms with van der Waals surface area (Å²) in [7, 11) is 4.93. The number of hydrogen-bond acceptors (Lipinski definition) is 5. The summed E-state index contributed by atoms with van der Waals surface area (Å²) in [6.45, 7) is 1.12. The van der Waals surface area contributed by atoms with E-state index in [2.05, 4.69) is 26.1 Å². The summed E-state index contributed by atoms with van der Waals surface area (Å²) >= 11 is 9.33. The van der Waals surface area contributed by atoms with Crippen LogP contribution in [0.2, 0.25) is 0 Å². The highest BCUT2D eigenvalue weighted by Crippen LogP contribution is 2.39. The molecular weight excluding hydrogens is 516 g/mol. The van der Waals surface area contributed by atoms with Gasteiger partial charge in [0.1, 0.15) is 6.61 Å². The number of hydrogen-bond donors (Lipinski definition) is 1. The Balaban J connectivity index is 1.66. The number of thiocarbonyl (C=S) groups is 1. The molecule has 6 nitrogen and oxygen atoms in total. The molecule has 8 heteroatoms. The molecule has 1 aliphatic heterocycles. The van der Waals surface area contributed by atoms with Gasteiger partial charge < -0.3 is 29.2 Å². The minimum Gasteiger partial charge on any atom is -0.493 e. The van der Waals surface area contributed by atoms with Gasteiger partial charge in [-0.25, -0.2) is 0 Å². The second-order valence-electron chi connectivity index (χ2n) is 7.76. The molecule has 0 saturated carbocycles. The molecule has 0 spiro atoms. The van der Waals surface area contributed by atoms with Crippen molar-refractivity contribution in [2.24, 2.45) is 0 Å². The van der Waals surface area contributed by atoms with Crippen LogP contribution in [-0.2, 0) is 6.42 Å². The fourth-order valence-electron chi connectivity index (χ4n) is 4.09. The van der Waals surface area contributed by atoms with E-state index in [-0.39, 0.29) is 6.04 Å². The Morgan fingerprint density at radius 2 is 1.59 bits per heavy atom. The molecule has 3 aromatic carbocycles. The van der Waals surface area contributed by atoms with Crippen molar-refractivity contribution in [3.63, 3.8) is 0 Å². The van der Waals surface area contributed by atoms with Gasteiger partial charge in [-0.3, -0.25) is 0 Å². The number of halogens is 1. The fourth-order valence-corrected chi connectivity index (χ4v) is 4.69. The zero-order valence-electron chi connectivity index (χ0n) is 19.3. The number of para-hydroxylation sites is 2. The van der Waals surface area contributed by atoms with Crippen LogP contribution in [0.1, 0.15) is 17.2 Å². The van der Waals surface area contributed by atoms with E-state index in [0.29, 0.717) is 29.0 Å². The molecular formula is C26H27BrN2O4S. The van der Waals surface area contributed by atoms with Gasteiger partial charge in [0, 0.05) is 16.7 Å².